The Morgan fingerprint density at radius 2 is 2.03 bits per heavy atom. The van der Waals surface area contributed by atoms with E-state index in [2.05, 4.69) is 37.2 Å². The van der Waals surface area contributed by atoms with E-state index in [-0.39, 0.29) is 17.8 Å². The summed E-state index contributed by atoms with van der Waals surface area (Å²) < 4.78 is 15.9. The predicted molar refractivity (Wildman–Crippen MR) is 118 cm³/mol. The summed E-state index contributed by atoms with van der Waals surface area (Å²) in [4.78, 5) is 15.2. The summed E-state index contributed by atoms with van der Waals surface area (Å²) in [5.74, 6) is 0.0883. The average molecular weight is 418 g/mol. The molecule has 0 bridgehead atoms. The third kappa shape index (κ3) is 3.57. The second-order valence-corrected chi connectivity index (χ2v) is 7.73. The quantitative estimate of drug-likeness (QED) is 0.524. The van der Waals surface area contributed by atoms with Crippen LogP contribution in [0.1, 0.15) is 19.8 Å². The van der Waals surface area contributed by atoms with Gasteiger partial charge in [-0.05, 0) is 50.1 Å². The maximum Gasteiger partial charge on any atom is 0.229 e. The van der Waals surface area contributed by atoms with Crippen molar-refractivity contribution in [3.8, 4) is 11.4 Å². The van der Waals surface area contributed by atoms with Crippen LogP contribution in [0.25, 0.3) is 16.9 Å². The second kappa shape index (κ2) is 7.92. The molecule has 3 N–H and O–H groups in total. The summed E-state index contributed by atoms with van der Waals surface area (Å²) in [6.45, 7) is 3.07. The van der Waals surface area contributed by atoms with Crippen LogP contribution in [0.15, 0.2) is 55.1 Å². The summed E-state index contributed by atoms with van der Waals surface area (Å²) in [7, 11) is 0. The van der Waals surface area contributed by atoms with Crippen molar-refractivity contribution in [2.45, 2.75) is 31.8 Å². The Kier molecular flexibility index (Phi) is 4.95. The van der Waals surface area contributed by atoms with Crippen LogP contribution >= 0.6 is 0 Å². The van der Waals surface area contributed by atoms with Crippen molar-refractivity contribution in [2.24, 2.45) is 5.73 Å². The van der Waals surface area contributed by atoms with E-state index in [9.17, 15) is 4.39 Å². The fourth-order valence-corrected chi connectivity index (χ4v) is 4.04. The number of piperidine rings is 1. The van der Waals surface area contributed by atoms with E-state index in [1.807, 2.05) is 12.1 Å². The summed E-state index contributed by atoms with van der Waals surface area (Å²) in [5, 5.41) is 7.92. The van der Waals surface area contributed by atoms with Crippen LogP contribution in [-0.4, -0.2) is 43.2 Å². The zero-order valence-corrected chi connectivity index (χ0v) is 17.1. The number of aromatic nitrogens is 5. The van der Waals surface area contributed by atoms with Crippen molar-refractivity contribution in [2.75, 3.05) is 16.8 Å². The molecular formula is C22H23FN8. The van der Waals surface area contributed by atoms with Crippen molar-refractivity contribution in [1.82, 2.24) is 24.6 Å². The molecule has 8 nitrogen and oxygen atoms in total. The van der Waals surface area contributed by atoms with Crippen LogP contribution in [0.5, 0.6) is 0 Å². The lowest BCUT2D eigenvalue weighted by Crippen LogP contribution is -2.50. The van der Waals surface area contributed by atoms with E-state index in [0.717, 1.165) is 36.3 Å². The van der Waals surface area contributed by atoms with Gasteiger partial charge in [0.05, 0.1) is 29.3 Å². The molecule has 31 heavy (non-hydrogen) atoms. The minimum Gasteiger partial charge on any atom is -0.365 e. The lowest BCUT2D eigenvalue weighted by Gasteiger charge is -2.40. The first-order valence-electron chi connectivity index (χ1n) is 10.3. The third-order valence-corrected chi connectivity index (χ3v) is 5.79. The van der Waals surface area contributed by atoms with E-state index in [1.54, 1.807) is 41.4 Å². The minimum atomic E-state index is -0.422. The van der Waals surface area contributed by atoms with Gasteiger partial charge < -0.3 is 16.0 Å². The molecule has 0 spiro atoms. The lowest BCUT2D eigenvalue weighted by atomic mass is 9.97. The molecule has 1 unspecified atom stereocenters. The number of nitrogens with zero attached hydrogens (tertiary/aromatic N) is 6. The molecule has 0 aromatic carbocycles. The molecule has 1 saturated heterocycles. The number of pyridine rings is 2. The van der Waals surface area contributed by atoms with Crippen LogP contribution in [0.4, 0.5) is 21.7 Å². The monoisotopic (exact) mass is 418 g/mol. The highest BCUT2D eigenvalue weighted by atomic mass is 19.1. The van der Waals surface area contributed by atoms with Gasteiger partial charge in [0.25, 0.3) is 0 Å². The molecule has 158 valence electrons. The van der Waals surface area contributed by atoms with Gasteiger partial charge in [0, 0.05) is 31.0 Å². The number of hydrogen-bond acceptors (Lipinski definition) is 7. The molecule has 0 saturated carbocycles. The SMILES string of the molecule is C[C@@H]1C(N)CCCN1c1ccncc1Nc1ncc2ccc(-c3ncccc3F)nn12. The van der Waals surface area contributed by atoms with E-state index >= 15 is 0 Å². The van der Waals surface area contributed by atoms with Gasteiger partial charge >= 0.3 is 0 Å². The van der Waals surface area contributed by atoms with E-state index < -0.39 is 5.82 Å². The largest absolute Gasteiger partial charge is 0.365 e. The van der Waals surface area contributed by atoms with Crippen molar-refractivity contribution >= 4 is 22.8 Å². The molecule has 1 fully saturated rings. The molecule has 5 heterocycles. The molecule has 9 heteroatoms. The number of hydrogen-bond donors (Lipinski definition) is 2. The highest BCUT2D eigenvalue weighted by Gasteiger charge is 2.27. The Bertz CT molecular complexity index is 1220. The predicted octanol–water partition coefficient (Wildman–Crippen LogP) is 3.39. The van der Waals surface area contributed by atoms with E-state index in [4.69, 9.17) is 5.73 Å². The first-order chi connectivity index (χ1) is 15.1. The maximum atomic E-state index is 14.2. The zero-order chi connectivity index (χ0) is 21.4. The fraction of sp³-hybridized carbons (Fsp3) is 0.273. The molecule has 4 aromatic rings. The normalized spacial score (nSPS) is 19.0. The minimum absolute atomic E-state index is 0.125. The van der Waals surface area contributed by atoms with Gasteiger partial charge in [-0.3, -0.25) is 9.97 Å². The molecule has 1 aliphatic rings. The molecular weight excluding hydrogens is 395 g/mol. The molecule has 0 aliphatic carbocycles. The zero-order valence-electron chi connectivity index (χ0n) is 17.1. The number of halogens is 1. The van der Waals surface area contributed by atoms with Crippen molar-refractivity contribution in [3.05, 3.63) is 60.9 Å². The van der Waals surface area contributed by atoms with Crippen molar-refractivity contribution in [3.63, 3.8) is 0 Å². The Labute approximate surface area is 179 Å². The maximum absolute atomic E-state index is 14.2. The number of fused-ring (bicyclic) bond motifs is 1. The number of rotatable bonds is 4. The Morgan fingerprint density at radius 3 is 2.90 bits per heavy atom. The fourth-order valence-electron chi connectivity index (χ4n) is 4.04. The molecule has 2 atom stereocenters. The van der Waals surface area contributed by atoms with Gasteiger partial charge in [-0.1, -0.05) is 0 Å². The van der Waals surface area contributed by atoms with Gasteiger partial charge in [0.2, 0.25) is 5.95 Å². The van der Waals surface area contributed by atoms with E-state index in [0.29, 0.717) is 11.6 Å². The summed E-state index contributed by atoms with van der Waals surface area (Å²) in [5.41, 5.74) is 9.54. The molecule has 4 aromatic heterocycles. The lowest BCUT2D eigenvalue weighted by molar-refractivity contribution is 0.421. The summed E-state index contributed by atoms with van der Waals surface area (Å²) in [6, 6.07) is 8.81. The van der Waals surface area contributed by atoms with Crippen LogP contribution < -0.4 is 16.0 Å². The van der Waals surface area contributed by atoms with Gasteiger partial charge in [0.15, 0.2) is 5.82 Å². The average Bonchev–Trinajstić information content (AvgIpc) is 3.18. The first kappa shape index (κ1) is 19.4. The van der Waals surface area contributed by atoms with Crippen molar-refractivity contribution in [1.29, 1.82) is 0 Å². The number of imidazole rings is 1. The Balaban J connectivity index is 1.52. The van der Waals surface area contributed by atoms with Crippen LogP contribution in [0.2, 0.25) is 0 Å². The molecule has 0 radical (unpaired) electrons. The summed E-state index contributed by atoms with van der Waals surface area (Å²) in [6.07, 6.45) is 8.86. The van der Waals surface area contributed by atoms with Crippen molar-refractivity contribution < 1.29 is 4.39 Å². The van der Waals surface area contributed by atoms with Gasteiger partial charge in [0.1, 0.15) is 11.4 Å². The number of anilines is 3. The van der Waals surface area contributed by atoms with Crippen LogP contribution in [-0.2, 0) is 0 Å². The highest BCUT2D eigenvalue weighted by Crippen LogP contribution is 2.32. The highest BCUT2D eigenvalue weighted by molar-refractivity contribution is 5.74. The Morgan fingerprint density at radius 1 is 1.13 bits per heavy atom. The van der Waals surface area contributed by atoms with Gasteiger partial charge in [-0.25, -0.2) is 9.37 Å². The van der Waals surface area contributed by atoms with Gasteiger partial charge in [-0.15, -0.1) is 0 Å². The summed E-state index contributed by atoms with van der Waals surface area (Å²) >= 11 is 0. The molecule has 1 aliphatic heterocycles. The standard InChI is InChI=1S/C22H23FN8/c1-14-17(24)5-3-11-30(14)20-8-10-25-13-19(20)28-22-27-12-15-6-7-18(29-31(15)22)21-16(23)4-2-9-26-21/h2,4,6-10,12-14,17H,3,5,11,24H2,1H3,(H,27,28)/t14-,17?/m1/s1. The number of nitrogens with two attached hydrogens (primary N) is 1. The Hall–Kier alpha value is -3.59. The smallest absolute Gasteiger partial charge is 0.229 e. The topological polar surface area (TPSA) is 97.3 Å². The van der Waals surface area contributed by atoms with Gasteiger partial charge in [-0.2, -0.15) is 9.61 Å². The second-order valence-electron chi connectivity index (χ2n) is 7.73. The van der Waals surface area contributed by atoms with Crippen LogP contribution in [0, 0.1) is 5.82 Å². The molecule has 5 rings (SSSR count). The van der Waals surface area contributed by atoms with E-state index in [1.165, 1.54) is 6.07 Å². The molecule has 0 amide bonds. The third-order valence-electron chi connectivity index (χ3n) is 5.79. The number of nitrogens with one attached hydrogen (secondary N) is 1. The van der Waals surface area contributed by atoms with Crippen LogP contribution in [0.3, 0.4) is 0 Å². The first-order valence-corrected chi connectivity index (χ1v) is 10.3.